The Morgan fingerprint density at radius 2 is 1.67 bits per heavy atom. The molecule has 1 heterocycles. The van der Waals surface area contributed by atoms with Crippen molar-refractivity contribution < 1.29 is 17.9 Å². The van der Waals surface area contributed by atoms with Gasteiger partial charge in [0.25, 0.3) is 0 Å². The van der Waals surface area contributed by atoms with Crippen LogP contribution in [-0.4, -0.2) is 18.7 Å². The molecule has 1 saturated heterocycles. The van der Waals surface area contributed by atoms with Crippen molar-refractivity contribution in [3.8, 4) is 5.75 Å². The molecule has 1 aliphatic rings. The summed E-state index contributed by atoms with van der Waals surface area (Å²) in [4.78, 5) is 0. The third kappa shape index (κ3) is 3.16. The monoisotopic (exact) mass is 259 g/mol. The minimum atomic E-state index is -4.29. The first-order valence-electron chi connectivity index (χ1n) is 5.96. The summed E-state index contributed by atoms with van der Waals surface area (Å²) in [5.74, 6) is 0.493. The van der Waals surface area contributed by atoms with E-state index < -0.39 is 11.7 Å². The third-order valence-corrected chi connectivity index (χ3v) is 3.21. The van der Waals surface area contributed by atoms with Crippen molar-refractivity contribution in [3.05, 3.63) is 29.8 Å². The molecular weight excluding hydrogens is 243 g/mol. The van der Waals surface area contributed by atoms with E-state index in [4.69, 9.17) is 4.74 Å². The number of hydrogen-bond donors (Lipinski definition) is 1. The predicted octanol–water partition coefficient (Wildman–Crippen LogP) is 3.23. The molecule has 1 fully saturated rings. The van der Waals surface area contributed by atoms with Gasteiger partial charge >= 0.3 is 6.18 Å². The standard InChI is InChI=1S/C13H16F3NO/c1-12(6-8-17-9-7-12)18-11-4-2-10(3-5-11)13(14,15)16/h2-5,17H,6-9H2,1H3. The highest BCUT2D eigenvalue weighted by Gasteiger charge is 2.31. The van der Waals surface area contributed by atoms with E-state index in [0.29, 0.717) is 5.75 Å². The Kier molecular flexibility index (Phi) is 3.52. The number of alkyl halides is 3. The van der Waals surface area contributed by atoms with Crippen LogP contribution in [0.2, 0.25) is 0 Å². The van der Waals surface area contributed by atoms with Crippen molar-refractivity contribution in [3.63, 3.8) is 0 Å². The minimum absolute atomic E-state index is 0.287. The maximum Gasteiger partial charge on any atom is 0.416 e. The highest BCUT2D eigenvalue weighted by Crippen LogP contribution is 2.32. The molecule has 1 aromatic rings. The van der Waals surface area contributed by atoms with E-state index in [0.717, 1.165) is 38.1 Å². The first kappa shape index (κ1) is 13.2. The lowest BCUT2D eigenvalue weighted by Crippen LogP contribution is -2.43. The fourth-order valence-electron chi connectivity index (χ4n) is 2.05. The lowest BCUT2D eigenvalue weighted by molar-refractivity contribution is -0.137. The van der Waals surface area contributed by atoms with Crippen LogP contribution in [0.3, 0.4) is 0 Å². The van der Waals surface area contributed by atoms with Crippen LogP contribution in [-0.2, 0) is 6.18 Å². The van der Waals surface area contributed by atoms with Crippen molar-refractivity contribution >= 4 is 0 Å². The summed E-state index contributed by atoms with van der Waals surface area (Å²) in [6, 6.07) is 4.88. The second kappa shape index (κ2) is 4.80. The van der Waals surface area contributed by atoms with Gasteiger partial charge in [0.15, 0.2) is 0 Å². The zero-order valence-electron chi connectivity index (χ0n) is 10.2. The molecule has 5 heteroatoms. The van der Waals surface area contributed by atoms with Crippen LogP contribution in [0.4, 0.5) is 13.2 Å². The molecule has 100 valence electrons. The lowest BCUT2D eigenvalue weighted by Gasteiger charge is -2.34. The molecule has 1 N–H and O–H groups in total. The molecule has 2 rings (SSSR count). The average Bonchev–Trinajstić information content (AvgIpc) is 2.29. The van der Waals surface area contributed by atoms with Crippen LogP contribution >= 0.6 is 0 Å². The summed E-state index contributed by atoms with van der Waals surface area (Å²) >= 11 is 0. The Balaban J connectivity index is 2.06. The molecule has 0 aliphatic carbocycles. The molecule has 0 saturated carbocycles. The van der Waals surface area contributed by atoms with Crippen molar-refractivity contribution in [1.82, 2.24) is 5.32 Å². The third-order valence-electron chi connectivity index (χ3n) is 3.21. The normalized spacial score (nSPS) is 19.6. The molecule has 1 aromatic carbocycles. The van der Waals surface area contributed by atoms with Crippen molar-refractivity contribution in [1.29, 1.82) is 0 Å². The van der Waals surface area contributed by atoms with Crippen LogP contribution in [0.25, 0.3) is 0 Å². The van der Waals surface area contributed by atoms with Crippen LogP contribution < -0.4 is 10.1 Å². The van der Waals surface area contributed by atoms with E-state index in [1.807, 2.05) is 6.92 Å². The second-order valence-electron chi connectivity index (χ2n) is 4.82. The first-order chi connectivity index (χ1) is 8.39. The molecule has 0 amide bonds. The summed E-state index contributed by atoms with van der Waals surface area (Å²) in [6.45, 7) is 3.74. The summed E-state index contributed by atoms with van der Waals surface area (Å²) in [7, 11) is 0. The van der Waals surface area contributed by atoms with E-state index in [1.54, 1.807) is 0 Å². The van der Waals surface area contributed by atoms with Crippen molar-refractivity contribution in [2.45, 2.75) is 31.5 Å². The fraction of sp³-hybridized carbons (Fsp3) is 0.538. The van der Waals surface area contributed by atoms with E-state index in [1.165, 1.54) is 12.1 Å². The van der Waals surface area contributed by atoms with Gasteiger partial charge in [-0.2, -0.15) is 13.2 Å². The van der Waals surface area contributed by atoms with Gasteiger partial charge in [-0.25, -0.2) is 0 Å². The number of piperidine rings is 1. The van der Waals surface area contributed by atoms with E-state index in [-0.39, 0.29) is 5.60 Å². The first-order valence-corrected chi connectivity index (χ1v) is 5.96. The fourth-order valence-corrected chi connectivity index (χ4v) is 2.05. The number of nitrogens with one attached hydrogen (secondary N) is 1. The highest BCUT2D eigenvalue weighted by atomic mass is 19.4. The molecule has 1 aliphatic heterocycles. The summed E-state index contributed by atoms with van der Waals surface area (Å²) < 4.78 is 43.0. The van der Waals surface area contributed by atoms with E-state index >= 15 is 0 Å². The summed E-state index contributed by atoms with van der Waals surface area (Å²) in [5.41, 5.74) is -0.935. The Hall–Kier alpha value is -1.23. The van der Waals surface area contributed by atoms with Gasteiger partial charge < -0.3 is 10.1 Å². The molecule has 0 unspecified atom stereocenters. The molecule has 0 bridgehead atoms. The van der Waals surface area contributed by atoms with Crippen molar-refractivity contribution in [2.24, 2.45) is 0 Å². The number of rotatable bonds is 2. The Morgan fingerprint density at radius 3 is 2.17 bits per heavy atom. The van der Waals surface area contributed by atoms with Gasteiger partial charge in [-0.05, 0) is 57.1 Å². The van der Waals surface area contributed by atoms with Crippen LogP contribution in [0, 0.1) is 0 Å². The Labute approximate surface area is 104 Å². The smallest absolute Gasteiger partial charge is 0.416 e. The zero-order chi connectivity index (χ0) is 13.2. The SMILES string of the molecule is CC1(Oc2ccc(C(F)(F)F)cc2)CCNCC1. The van der Waals surface area contributed by atoms with Gasteiger partial charge in [0.2, 0.25) is 0 Å². The lowest BCUT2D eigenvalue weighted by atomic mass is 9.94. The second-order valence-corrected chi connectivity index (χ2v) is 4.82. The zero-order valence-corrected chi connectivity index (χ0v) is 10.2. The van der Waals surface area contributed by atoms with Crippen molar-refractivity contribution in [2.75, 3.05) is 13.1 Å². The van der Waals surface area contributed by atoms with Crippen LogP contribution in [0.1, 0.15) is 25.3 Å². The van der Waals surface area contributed by atoms with Crippen LogP contribution in [0.15, 0.2) is 24.3 Å². The average molecular weight is 259 g/mol. The molecule has 2 nitrogen and oxygen atoms in total. The van der Waals surface area contributed by atoms with Gasteiger partial charge in [-0.1, -0.05) is 0 Å². The number of halogens is 3. The highest BCUT2D eigenvalue weighted by molar-refractivity contribution is 5.29. The summed E-state index contributed by atoms with van der Waals surface area (Å²) in [5, 5.41) is 3.23. The van der Waals surface area contributed by atoms with Crippen LogP contribution in [0.5, 0.6) is 5.75 Å². The maximum atomic E-state index is 12.4. The minimum Gasteiger partial charge on any atom is -0.487 e. The molecule has 0 spiro atoms. The summed E-state index contributed by atoms with van der Waals surface area (Å²) in [6.07, 6.45) is -2.58. The molecular formula is C13H16F3NO. The molecule has 0 atom stereocenters. The molecule has 0 aromatic heterocycles. The number of ether oxygens (including phenoxy) is 1. The van der Waals surface area contributed by atoms with Gasteiger partial charge in [-0.15, -0.1) is 0 Å². The molecule has 0 radical (unpaired) electrons. The van der Waals surface area contributed by atoms with Gasteiger partial charge in [0.05, 0.1) is 5.56 Å². The Bertz CT molecular complexity index is 394. The van der Waals surface area contributed by atoms with E-state index in [9.17, 15) is 13.2 Å². The molecule has 18 heavy (non-hydrogen) atoms. The largest absolute Gasteiger partial charge is 0.487 e. The number of hydrogen-bond acceptors (Lipinski definition) is 2. The number of benzene rings is 1. The Morgan fingerprint density at radius 1 is 1.11 bits per heavy atom. The predicted molar refractivity (Wildman–Crippen MR) is 62.6 cm³/mol. The quantitative estimate of drug-likeness (QED) is 0.880. The van der Waals surface area contributed by atoms with Gasteiger partial charge in [-0.3, -0.25) is 0 Å². The maximum absolute atomic E-state index is 12.4. The van der Waals surface area contributed by atoms with Gasteiger partial charge in [0, 0.05) is 0 Å². The topological polar surface area (TPSA) is 21.3 Å². The van der Waals surface area contributed by atoms with E-state index in [2.05, 4.69) is 5.32 Å². The van der Waals surface area contributed by atoms with Gasteiger partial charge in [0.1, 0.15) is 11.4 Å².